The summed E-state index contributed by atoms with van der Waals surface area (Å²) in [6, 6.07) is 8.03. The Bertz CT molecular complexity index is 479. The number of hydrogen-bond acceptors (Lipinski definition) is 3. The maximum Gasteiger partial charge on any atom is 0.120 e. The van der Waals surface area contributed by atoms with Crippen molar-refractivity contribution >= 4 is 0 Å². The van der Waals surface area contributed by atoms with Gasteiger partial charge in [-0.2, -0.15) is 0 Å². The number of nitrogens with one attached hydrogen (secondary N) is 1. The van der Waals surface area contributed by atoms with E-state index in [0.717, 1.165) is 24.5 Å². The molecule has 0 bridgehead atoms. The fourth-order valence-corrected chi connectivity index (χ4v) is 2.04. The molecule has 0 aliphatic heterocycles. The molecule has 0 amide bonds. The fourth-order valence-electron chi connectivity index (χ4n) is 2.04. The van der Waals surface area contributed by atoms with Crippen LogP contribution in [0.3, 0.4) is 0 Å². The molecule has 0 spiro atoms. The van der Waals surface area contributed by atoms with Crippen LogP contribution in [-0.4, -0.2) is 33.1 Å². The van der Waals surface area contributed by atoms with Gasteiger partial charge >= 0.3 is 0 Å². The minimum atomic E-state index is -0.462. The van der Waals surface area contributed by atoms with E-state index in [-0.39, 0.29) is 0 Å². The van der Waals surface area contributed by atoms with Crippen molar-refractivity contribution in [3.05, 3.63) is 53.6 Å². The normalized spacial score (nSPS) is 12.8. The zero-order valence-corrected chi connectivity index (χ0v) is 11.5. The van der Waals surface area contributed by atoms with Crippen LogP contribution in [0.25, 0.3) is 0 Å². The van der Waals surface area contributed by atoms with Gasteiger partial charge in [-0.1, -0.05) is 36.8 Å². The molecule has 1 unspecified atom stereocenters. The highest BCUT2D eigenvalue weighted by atomic mass is 16.3. The van der Waals surface area contributed by atoms with Crippen LogP contribution in [-0.2, 0) is 6.54 Å². The first-order chi connectivity index (χ1) is 9.19. The third-order valence-electron chi connectivity index (χ3n) is 3.27. The van der Waals surface area contributed by atoms with Crippen LogP contribution in [0.4, 0.5) is 0 Å². The summed E-state index contributed by atoms with van der Waals surface area (Å²) in [5, 5.41) is 10.3. The number of H-pyrrole nitrogens is 1. The third kappa shape index (κ3) is 3.91. The molecule has 1 atom stereocenters. The largest absolute Gasteiger partial charge is 0.387 e. The average Bonchev–Trinajstić information content (AvgIpc) is 2.91. The third-order valence-corrected chi connectivity index (χ3v) is 3.27. The quantitative estimate of drug-likeness (QED) is 0.836. The second-order valence-electron chi connectivity index (χ2n) is 4.79. The number of aromatic nitrogens is 2. The average molecular weight is 259 g/mol. The Balaban J connectivity index is 1.95. The molecule has 0 saturated heterocycles. The number of aliphatic hydroxyl groups excluding tert-OH is 1. The summed E-state index contributed by atoms with van der Waals surface area (Å²) in [5.41, 5.74) is 2.17. The highest BCUT2D eigenvalue weighted by Crippen LogP contribution is 2.15. The molecule has 1 heterocycles. The second-order valence-corrected chi connectivity index (χ2v) is 4.79. The minimum Gasteiger partial charge on any atom is -0.387 e. The molecule has 102 valence electrons. The smallest absolute Gasteiger partial charge is 0.120 e. The Kier molecular flexibility index (Phi) is 4.71. The van der Waals surface area contributed by atoms with Gasteiger partial charge in [0.1, 0.15) is 5.82 Å². The molecule has 1 aromatic carbocycles. The van der Waals surface area contributed by atoms with Gasteiger partial charge in [-0.15, -0.1) is 0 Å². The van der Waals surface area contributed by atoms with Crippen LogP contribution < -0.4 is 0 Å². The molecule has 1 aromatic heterocycles. The van der Waals surface area contributed by atoms with E-state index in [4.69, 9.17) is 0 Å². The number of aliphatic hydroxyl groups is 1. The number of imidazole rings is 1. The molecular weight excluding hydrogens is 238 g/mol. The molecule has 4 heteroatoms. The molecule has 0 radical (unpaired) electrons. The highest BCUT2D eigenvalue weighted by Gasteiger charge is 2.13. The number of benzene rings is 1. The van der Waals surface area contributed by atoms with Crippen molar-refractivity contribution in [1.29, 1.82) is 0 Å². The van der Waals surface area contributed by atoms with Crippen molar-refractivity contribution in [3.63, 3.8) is 0 Å². The van der Waals surface area contributed by atoms with Crippen molar-refractivity contribution in [2.75, 3.05) is 13.1 Å². The monoisotopic (exact) mass is 259 g/mol. The maximum absolute atomic E-state index is 10.3. The Hall–Kier alpha value is -1.65. The van der Waals surface area contributed by atoms with Crippen LogP contribution in [0, 0.1) is 6.92 Å². The molecule has 0 aliphatic rings. The summed E-state index contributed by atoms with van der Waals surface area (Å²) >= 11 is 0. The lowest BCUT2D eigenvalue weighted by atomic mass is 10.1. The summed E-state index contributed by atoms with van der Waals surface area (Å²) in [5.74, 6) is 0.929. The van der Waals surface area contributed by atoms with Crippen molar-refractivity contribution in [2.24, 2.45) is 0 Å². The van der Waals surface area contributed by atoms with Gasteiger partial charge in [0.2, 0.25) is 0 Å². The summed E-state index contributed by atoms with van der Waals surface area (Å²) in [4.78, 5) is 9.47. The van der Waals surface area contributed by atoms with E-state index in [9.17, 15) is 5.11 Å². The lowest BCUT2D eigenvalue weighted by molar-refractivity contribution is 0.111. The molecule has 4 nitrogen and oxygen atoms in total. The highest BCUT2D eigenvalue weighted by molar-refractivity contribution is 5.23. The number of hydrogen-bond donors (Lipinski definition) is 2. The number of aromatic amines is 1. The predicted molar refractivity (Wildman–Crippen MR) is 75.7 cm³/mol. The van der Waals surface area contributed by atoms with Crippen molar-refractivity contribution in [3.8, 4) is 0 Å². The standard InChI is InChI=1S/C15H21N3O/c1-3-18(11-15-16-8-9-17-15)10-14(19)13-6-4-12(2)5-7-13/h4-9,14,19H,3,10-11H2,1-2H3,(H,16,17). The molecule has 2 rings (SSSR count). The number of aryl methyl sites for hydroxylation is 1. The van der Waals surface area contributed by atoms with Crippen molar-refractivity contribution in [2.45, 2.75) is 26.5 Å². The topological polar surface area (TPSA) is 52.2 Å². The Morgan fingerprint density at radius 3 is 2.63 bits per heavy atom. The minimum absolute atomic E-state index is 0.462. The number of nitrogens with zero attached hydrogens (tertiary/aromatic N) is 2. The van der Waals surface area contributed by atoms with Gasteiger partial charge in [-0.3, -0.25) is 4.90 Å². The summed E-state index contributed by atoms with van der Waals surface area (Å²) in [7, 11) is 0. The first-order valence-corrected chi connectivity index (χ1v) is 6.64. The molecular formula is C15H21N3O. The van der Waals surface area contributed by atoms with Crippen LogP contribution in [0.2, 0.25) is 0 Å². The van der Waals surface area contributed by atoms with Crippen LogP contribution >= 0.6 is 0 Å². The van der Waals surface area contributed by atoms with Gasteiger partial charge in [-0.05, 0) is 19.0 Å². The zero-order chi connectivity index (χ0) is 13.7. The van der Waals surface area contributed by atoms with Gasteiger partial charge in [-0.25, -0.2) is 4.98 Å². The van der Waals surface area contributed by atoms with E-state index in [1.165, 1.54) is 5.56 Å². The molecule has 0 aliphatic carbocycles. The van der Waals surface area contributed by atoms with E-state index < -0.39 is 6.10 Å². The second kappa shape index (κ2) is 6.50. The number of likely N-dealkylation sites (N-methyl/N-ethyl adjacent to an activating group) is 1. The van der Waals surface area contributed by atoms with Crippen molar-refractivity contribution < 1.29 is 5.11 Å². The molecule has 2 N–H and O–H groups in total. The van der Waals surface area contributed by atoms with Gasteiger partial charge in [0.15, 0.2) is 0 Å². The molecule has 0 saturated carbocycles. The predicted octanol–water partition coefficient (Wildman–Crippen LogP) is 2.27. The first kappa shape index (κ1) is 13.8. The summed E-state index contributed by atoms with van der Waals surface area (Å²) in [6.45, 7) is 6.35. The van der Waals surface area contributed by atoms with Crippen LogP contribution in [0.1, 0.15) is 30.0 Å². The number of rotatable bonds is 6. The lowest BCUT2D eigenvalue weighted by Gasteiger charge is -2.22. The summed E-state index contributed by atoms with van der Waals surface area (Å²) < 4.78 is 0. The van der Waals surface area contributed by atoms with Crippen LogP contribution in [0.5, 0.6) is 0 Å². The van der Waals surface area contributed by atoms with Gasteiger partial charge < -0.3 is 10.1 Å². The van der Waals surface area contributed by atoms with Gasteiger partial charge in [0, 0.05) is 18.9 Å². The van der Waals surface area contributed by atoms with E-state index >= 15 is 0 Å². The van der Waals surface area contributed by atoms with E-state index in [1.807, 2.05) is 37.4 Å². The van der Waals surface area contributed by atoms with Crippen molar-refractivity contribution in [1.82, 2.24) is 14.9 Å². The van der Waals surface area contributed by atoms with Crippen LogP contribution in [0.15, 0.2) is 36.7 Å². The van der Waals surface area contributed by atoms with E-state index in [2.05, 4.69) is 21.8 Å². The Morgan fingerprint density at radius 1 is 1.32 bits per heavy atom. The Morgan fingerprint density at radius 2 is 2.05 bits per heavy atom. The Labute approximate surface area is 114 Å². The molecule has 2 aromatic rings. The van der Waals surface area contributed by atoms with Gasteiger partial charge in [0.25, 0.3) is 0 Å². The maximum atomic E-state index is 10.3. The lowest BCUT2D eigenvalue weighted by Crippen LogP contribution is -2.28. The molecule has 19 heavy (non-hydrogen) atoms. The molecule has 0 fully saturated rings. The zero-order valence-electron chi connectivity index (χ0n) is 11.5. The first-order valence-electron chi connectivity index (χ1n) is 6.64. The fraction of sp³-hybridized carbons (Fsp3) is 0.400. The van der Waals surface area contributed by atoms with E-state index in [1.54, 1.807) is 6.20 Å². The van der Waals surface area contributed by atoms with Gasteiger partial charge in [0.05, 0.1) is 12.6 Å². The SMILES string of the molecule is CCN(Cc1ncc[nH]1)CC(O)c1ccc(C)cc1. The summed E-state index contributed by atoms with van der Waals surface area (Å²) in [6.07, 6.45) is 3.11. The van der Waals surface area contributed by atoms with E-state index in [0.29, 0.717) is 6.54 Å².